The summed E-state index contributed by atoms with van der Waals surface area (Å²) in [7, 11) is 0. The number of imide groups is 1. The Labute approximate surface area is 142 Å². The molecule has 0 bridgehead atoms. The normalized spacial score (nSPS) is 16.4. The van der Waals surface area contributed by atoms with Crippen LogP contribution in [0.1, 0.15) is 32.6 Å². The zero-order valence-corrected chi connectivity index (χ0v) is 14.4. The minimum atomic E-state index is -0.415. The van der Waals surface area contributed by atoms with Crippen LogP contribution < -0.4 is 10.6 Å². The van der Waals surface area contributed by atoms with Crippen molar-refractivity contribution in [2.45, 2.75) is 48.9 Å². The quantitative estimate of drug-likeness (QED) is 0.654. The van der Waals surface area contributed by atoms with Crippen molar-refractivity contribution in [2.75, 3.05) is 0 Å². The first-order chi connectivity index (χ1) is 11.1. The zero-order valence-electron chi connectivity index (χ0n) is 12.7. The topological polar surface area (TPSA) is 84.0 Å². The molecule has 1 atom stereocenters. The standard InChI is InChI=1S/C15H18N4O2S2/c1-9(12(20)19-15(21)18-10-4-2-3-5-10)23-14-11-6-7-22-13(11)16-8-17-14/h6-10H,2-5H2,1H3,(H2,18,19,20,21)/t9-/m1/s1. The monoisotopic (exact) mass is 350 g/mol. The Bertz CT molecular complexity index is 712. The van der Waals surface area contributed by atoms with Gasteiger partial charge in [0.25, 0.3) is 0 Å². The van der Waals surface area contributed by atoms with Crippen LogP contribution in [0, 0.1) is 0 Å². The van der Waals surface area contributed by atoms with Crippen molar-refractivity contribution < 1.29 is 9.59 Å². The highest BCUT2D eigenvalue weighted by Gasteiger charge is 2.22. The van der Waals surface area contributed by atoms with Gasteiger partial charge in [-0.3, -0.25) is 10.1 Å². The average molecular weight is 350 g/mol. The summed E-state index contributed by atoms with van der Waals surface area (Å²) in [6, 6.07) is 1.73. The maximum atomic E-state index is 12.2. The van der Waals surface area contributed by atoms with Crippen LogP contribution in [0.3, 0.4) is 0 Å². The first-order valence-corrected chi connectivity index (χ1v) is 9.35. The molecule has 0 unspecified atom stereocenters. The molecule has 1 aliphatic carbocycles. The lowest BCUT2D eigenvalue weighted by Crippen LogP contribution is -2.45. The van der Waals surface area contributed by atoms with Crippen LogP contribution in [-0.2, 0) is 4.79 Å². The van der Waals surface area contributed by atoms with Crippen LogP contribution >= 0.6 is 23.1 Å². The van der Waals surface area contributed by atoms with Gasteiger partial charge in [0.2, 0.25) is 5.91 Å². The van der Waals surface area contributed by atoms with E-state index >= 15 is 0 Å². The lowest BCUT2D eigenvalue weighted by Gasteiger charge is -2.14. The van der Waals surface area contributed by atoms with E-state index in [9.17, 15) is 9.59 Å². The first-order valence-electron chi connectivity index (χ1n) is 7.59. The number of hydrogen-bond donors (Lipinski definition) is 2. The molecule has 1 saturated carbocycles. The molecule has 0 radical (unpaired) electrons. The van der Waals surface area contributed by atoms with Gasteiger partial charge in [-0.2, -0.15) is 0 Å². The maximum Gasteiger partial charge on any atom is 0.321 e. The number of rotatable bonds is 4. The van der Waals surface area contributed by atoms with Gasteiger partial charge in [0.05, 0.1) is 5.25 Å². The molecule has 8 heteroatoms. The second kappa shape index (κ2) is 7.27. The minimum Gasteiger partial charge on any atom is -0.335 e. The van der Waals surface area contributed by atoms with Crippen molar-refractivity contribution in [1.82, 2.24) is 20.6 Å². The number of carbonyl (C=O) groups is 2. The second-order valence-electron chi connectivity index (χ2n) is 5.52. The third kappa shape index (κ3) is 4.00. The Balaban J connectivity index is 1.56. The van der Waals surface area contributed by atoms with E-state index in [2.05, 4.69) is 20.6 Å². The van der Waals surface area contributed by atoms with Crippen molar-refractivity contribution in [3.05, 3.63) is 17.8 Å². The number of urea groups is 1. The van der Waals surface area contributed by atoms with Crippen LogP contribution in [0.15, 0.2) is 22.8 Å². The molecule has 0 aromatic carbocycles. The van der Waals surface area contributed by atoms with Gasteiger partial charge in [-0.25, -0.2) is 14.8 Å². The van der Waals surface area contributed by atoms with E-state index in [0.717, 1.165) is 40.9 Å². The van der Waals surface area contributed by atoms with E-state index in [1.54, 1.807) is 6.92 Å². The Morgan fingerprint density at radius 3 is 2.91 bits per heavy atom. The fourth-order valence-corrected chi connectivity index (χ4v) is 4.29. The summed E-state index contributed by atoms with van der Waals surface area (Å²) in [5.74, 6) is -0.313. The molecule has 1 fully saturated rings. The molecular formula is C15H18N4O2S2. The van der Waals surface area contributed by atoms with Gasteiger partial charge in [-0.15, -0.1) is 11.3 Å². The van der Waals surface area contributed by atoms with Gasteiger partial charge in [0, 0.05) is 11.4 Å². The van der Waals surface area contributed by atoms with E-state index in [0.29, 0.717) is 0 Å². The van der Waals surface area contributed by atoms with E-state index in [4.69, 9.17) is 0 Å². The number of hydrogen-bond acceptors (Lipinski definition) is 6. The summed E-state index contributed by atoms with van der Waals surface area (Å²) >= 11 is 2.87. The average Bonchev–Trinajstić information content (AvgIpc) is 3.18. The number of nitrogens with one attached hydrogen (secondary N) is 2. The molecule has 2 N–H and O–H groups in total. The van der Waals surface area contributed by atoms with Crippen molar-refractivity contribution >= 4 is 45.3 Å². The summed E-state index contributed by atoms with van der Waals surface area (Å²) in [6.45, 7) is 1.77. The SMILES string of the molecule is C[C@@H](Sc1ncnc2sccc12)C(=O)NC(=O)NC1CCCC1. The van der Waals surface area contributed by atoms with Gasteiger partial charge >= 0.3 is 6.03 Å². The molecule has 122 valence electrons. The molecule has 2 heterocycles. The Hall–Kier alpha value is -1.67. The molecule has 0 spiro atoms. The summed E-state index contributed by atoms with van der Waals surface area (Å²) in [6.07, 6.45) is 5.75. The van der Waals surface area contributed by atoms with Crippen LogP contribution in [0.5, 0.6) is 0 Å². The van der Waals surface area contributed by atoms with Crippen LogP contribution in [-0.4, -0.2) is 33.2 Å². The van der Waals surface area contributed by atoms with Crippen molar-refractivity contribution in [2.24, 2.45) is 0 Å². The molecule has 3 rings (SSSR count). The lowest BCUT2D eigenvalue weighted by atomic mass is 10.2. The lowest BCUT2D eigenvalue weighted by molar-refractivity contribution is -0.119. The number of aromatic nitrogens is 2. The van der Waals surface area contributed by atoms with Gasteiger partial charge in [0.1, 0.15) is 16.2 Å². The van der Waals surface area contributed by atoms with Gasteiger partial charge in [-0.05, 0) is 31.2 Å². The molecule has 0 aliphatic heterocycles. The number of nitrogens with zero attached hydrogens (tertiary/aromatic N) is 2. The number of thiophene rings is 1. The Morgan fingerprint density at radius 1 is 1.35 bits per heavy atom. The van der Waals surface area contributed by atoms with E-state index in [1.807, 2.05) is 11.4 Å². The molecular weight excluding hydrogens is 332 g/mol. The van der Waals surface area contributed by atoms with Gasteiger partial charge < -0.3 is 5.32 Å². The molecule has 3 amide bonds. The van der Waals surface area contributed by atoms with Gasteiger partial charge in [0.15, 0.2) is 0 Å². The molecule has 0 saturated heterocycles. The molecule has 2 aromatic rings. The van der Waals surface area contributed by atoms with Crippen LogP contribution in [0.4, 0.5) is 4.79 Å². The van der Waals surface area contributed by atoms with Crippen LogP contribution in [0.25, 0.3) is 10.2 Å². The number of carbonyl (C=O) groups excluding carboxylic acids is 2. The third-order valence-electron chi connectivity index (χ3n) is 3.81. The van der Waals surface area contributed by atoms with E-state index in [-0.39, 0.29) is 11.9 Å². The summed E-state index contributed by atoms with van der Waals surface area (Å²) in [5.41, 5.74) is 0. The van der Waals surface area contributed by atoms with E-state index in [1.165, 1.54) is 29.4 Å². The van der Waals surface area contributed by atoms with Crippen LogP contribution in [0.2, 0.25) is 0 Å². The molecule has 2 aromatic heterocycles. The molecule has 6 nitrogen and oxygen atoms in total. The van der Waals surface area contributed by atoms with Crippen molar-refractivity contribution in [3.8, 4) is 0 Å². The zero-order chi connectivity index (χ0) is 16.2. The number of amides is 3. The smallest absolute Gasteiger partial charge is 0.321 e. The third-order valence-corrected chi connectivity index (χ3v) is 5.75. The minimum absolute atomic E-state index is 0.193. The second-order valence-corrected chi connectivity index (χ2v) is 7.75. The van der Waals surface area contributed by atoms with Crippen molar-refractivity contribution in [1.29, 1.82) is 0 Å². The highest BCUT2D eigenvalue weighted by molar-refractivity contribution is 8.00. The summed E-state index contributed by atoms with van der Waals surface area (Å²) < 4.78 is 0. The fraction of sp³-hybridized carbons (Fsp3) is 0.467. The Kier molecular flexibility index (Phi) is 5.12. The summed E-state index contributed by atoms with van der Waals surface area (Å²) in [5, 5.41) is 8.50. The maximum absolute atomic E-state index is 12.2. The highest BCUT2D eigenvalue weighted by atomic mass is 32.2. The Morgan fingerprint density at radius 2 is 2.13 bits per heavy atom. The number of fused-ring (bicyclic) bond motifs is 1. The van der Waals surface area contributed by atoms with E-state index < -0.39 is 11.3 Å². The largest absolute Gasteiger partial charge is 0.335 e. The van der Waals surface area contributed by atoms with Gasteiger partial charge in [-0.1, -0.05) is 24.6 Å². The fourth-order valence-electron chi connectivity index (χ4n) is 2.59. The number of thioether (sulfide) groups is 1. The highest BCUT2D eigenvalue weighted by Crippen LogP contribution is 2.30. The molecule has 1 aliphatic rings. The summed E-state index contributed by atoms with van der Waals surface area (Å²) in [4.78, 5) is 33.4. The predicted octanol–water partition coefficient (Wildman–Crippen LogP) is 2.94. The van der Waals surface area contributed by atoms with Crippen molar-refractivity contribution in [3.63, 3.8) is 0 Å². The first kappa shape index (κ1) is 16.2. The molecule has 23 heavy (non-hydrogen) atoms. The predicted molar refractivity (Wildman–Crippen MR) is 91.7 cm³/mol.